The van der Waals surface area contributed by atoms with Crippen LogP contribution >= 0.6 is 0 Å². The van der Waals surface area contributed by atoms with Gasteiger partial charge >= 0.3 is 0 Å². The molecule has 9 heteroatoms. The highest BCUT2D eigenvalue weighted by Crippen LogP contribution is 2.24. The van der Waals surface area contributed by atoms with Crippen molar-refractivity contribution in [2.24, 2.45) is 0 Å². The summed E-state index contributed by atoms with van der Waals surface area (Å²) in [6.45, 7) is 4.14. The number of rotatable bonds is 8. The number of H-pyrrole nitrogens is 1. The zero-order valence-electron chi connectivity index (χ0n) is 21.0. The molecule has 0 radical (unpaired) electrons. The first-order valence-electron chi connectivity index (χ1n) is 13.0. The molecule has 3 aromatic carbocycles. The number of para-hydroxylation sites is 3. The maximum atomic E-state index is 13.4. The lowest BCUT2D eigenvalue weighted by atomic mass is 10.1. The van der Waals surface area contributed by atoms with E-state index in [1.54, 1.807) is 6.07 Å². The van der Waals surface area contributed by atoms with Gasteiger partial charge in [0.1, 0.15) is 5.82 Å². The molecular formula is C29H30FN7O. The minimum absolute atomic E-state index is 0.129. The number of fused-ring (bicyclic) bond motifs is 2. The van der Waals surface area contributed by atoms with E-state index in [2.05, 4.69) is 36.1 Å². The Labute approximate surface area is 219 Å². The van der Waals surface area contributed by atoms with E-state index in [1.165, 1.54) is 12.1 Å². The van der Waals surface area contributed by atoms with Crippen LogP contribution in [0, 0.1) is 5.82 Å². The summed E-state index contributed by atoms with van der Waals surface area (Å²) < 4.78 is 15.6. The Balaban J connectivity index is 1.06. The van der Waals surface area contributed by atoms with Crippen LogP contribution in [0.2, 0.25) is 0 Å². The van der Waals surface area contributed by atoms with E-state index in [4.69, 9.17) is 4.98 Å². The van der Waals surface area contributed by atoms with Crippen molar-refractivity contribution in [3.8, 4) is 0 Å². The van der Waals surface area contributed by atoms with Crippen LogP contribution in [0.5, 0.6) is 0 Å². The molecule has 0 bridgehead atoms. The van der Waals surface area contributed by atoms with E-state index in [-0.39, 0.29) is 11.4 Å². The lowest BCUT2D eigenvalue weighted by molar-refractivity contribution is 0.226. The minimum atomic E-state index is -0.230. The molecule has 38 heavy (non-hydrogen) atoms. The lowest BCUT2D eigenvalue weighted by Gasteiger charge is -2.32. The highest BCUT2D eigenvalue weighted by atomic mass is 19.1. The van der Waals surface area contributed by atoms with Crippen molar-refractivity contribution in [2.75, 3.05) is 36.8 Å². The number of aromatic nitrogens is 4. The molecule has 8 nitrogen and oxygen atoms in total. The molecule has 6 rings (SSSR count). The number of nitrogens with zero attached hydrogens (tertiary/aromatic N) is 4. The third-order valence-corrected chi connectivity index (χ3v) is 7.16. The van der Waals surface area contributed by atoms with Crippen molar-refractivity contribution in [2.45, 2.75) is 25.4 Å². The van der Waals surface area contributed by atoms with Crippen molar-refractivity contribution in [1.82, 2.24) is 24.4 Å². The van der Waals surface area contributed by atoms with Gasteiger partial charge in [-0.2, -0.15) is 0 Å². The molecule has 0 atom stereocenters. The second-order valence-electron chi connectivity index (χ2n) is 9.76. The number of hydrogen-bond donors (Lipinski definition) is 3. The second kappa shape index (κ2) is 10.6. The van der Waals surface area contributed by atoms with Crippen LogP contribution in [-0.4, -0.2) is 56.6 Å². The molecule has 1 aliphatic rings. The minimum Gasteiger partial charge on any atom is -0.354 e. The average Bonchev–Trinajstić information content (AvgIpc) is 3.27. The van der Waals surface area contributed by atoms with Crippen molar-refractivity contribution in [3.05, 3.63) is 94.5 Å². The molecule has 1 saturated heterocycles. The smallest absolute Gasteiger partial charge is 0.260 e. The largest absolute Gasteiger partial charge is 0.354 e. The fourth-order valence-corrected chi connectivity index (χ4v) is 5.10. The van der Waals surface area contributed by atoms with E-state index in [0.29, 0.717) is 36.0 Å². The molecule has 0 saturated carbocycles. The van der Waals surface area contributed by atoms with Gasteiger partial charge < -0.3 is 20.1 Å². The number of nitrogens with one attached hydrogen (secondary N) is 3. The summed E-state index contributed by atoms with van der Waals surface area (Å²) >= 11 is 0. The summed E-state index contributed by atoms with van der Waals surface area (Å²) in [5.41, 5.74) is 3.60. The van der Waals surface area contributed by atoms with Crippen LogP contribution in [-0.2, 0) is 6.54 Å². The van der Waals surface area contributed by atoms with Crippen LogP contribution in [0.4, 0.5) is 16.3 Å². The van der Waals surface area contributed by atoms with E-state index >= 15 is 0 Å². The van der Waals surface area contributed by atoms with E-state index in [1.807, 2.05) is 48.5 Å². The van der Waals surface area contributed by atoms with Crippen LogP contribution in [0.15, 0.2) is 77.6 Å². The molecular weight excluding hydrogens is 481 g/mol. The topological polar surface area (TPSA) is 90.9 Å². The SMILES string of the molecule is O=c1[nH]c(NCCN2CCC(Nc3nc4ccccc4n3Cc3ccc(F)cc3)CC2)nc2ccccc12. The molecule has 3 N–H and O–H groups in total. The molecule has 0 unspecified atom stereocenters. The first-order chi connectivity index (χ1) is 18.6. The Morgan fingerprint density at radius 1 is 0.921 bits per heavy atom. The van der Waals surface area contributed by atoms with Gasteiger partial charge in [0.2, 0.25) is 11.9 Å². The predicted molar refractivity (Wildman–Crippen MR) is 149 cm³/mol. The van der Waals surface area contributed by atoms with Gasteiger partial charge in [0, 0.05) is 32.2 Å². The molecule has 1 fully saturated rings. The van der Waals surface area contributed by atoms with E-state index < -0.39 is 0 Å². The second-order valence-corrected chi connectivity index (χ2v) is 9.76. The van der Waals surface area contributed by atoms with Gasteiger partial charge in [-0.25, -0.2) is 14.4 Å². The first-order valence-corrected chi connectivity index (χ1v) is 13.0. The molecule has 0 spiro atoms. The summed E-state index contributed by atoms with van der Waals surface area (Å²) in [7, 11) is 0. The van der Waals surface area contributed by atoms with Crippen molar-refractivity contribution >= 4 is 33.8 Å². The van der Waals surface area contributed by atoms with E-state index in [0.717, 1.165) is 55.0 Å². The van der Waals surface area contributed by atoms with Gasteiger partial charge in [0.25, 0.3) is 5.56 Å². The summed E-state index contributed by atoms with van der Waals surface area (Å²) in [5.74, 6) is 1.12. The number of anilines is 2. The Kier molecular flexibility index (Phi) is 6.75. The zero-order valence-corrected chi connectivity index (χ0v) is 21.0. The molecule has 5 aromatic rings. The maximum Gasteiger partial charge on any atom is 0.260 e. The van der Waals surface area contributed by atoms with Gasteiger partial charge in [-0.3, -0.25) is 9.78 Å². The van der Waals surface area contributed by atoms with Crippen molar-refractivity contribution < 1.29 is 4.39 Å². The molecule has 0 amide bonds. The number of aromatic amines is 1. The quantitative estimate of drug-likeness (QED) is 0.285. The number of imidazole rings is 1. The highest BCUT2D eigenvalue weighted by molar-refractivity contribution is 5.79. The van der Waals surface area contributed by atoms with Gasteiger partial charge in [0.05, 0.1) is 28.5 Å². The molecule has 0 aliphatic carbocycles. The highest BCUT2D eigenvalue weighted by Gasteiger charge is 2.21. The summed E-state index contributed by atoms with van der Waals surface area (Å²) in [6, 6.07) is 22.4. The molecule has 1 aliphatic heterocycles. The lowest BCUT2D eigenvalue weighted by Crippen LogP contribution is -2.41. The Morgan fingerprint density at radius 2 is 1.66 bits per heavy atom. The Bertz CT molecular complexity index is 1600. The van der Waals surface area contributed by atoms with Crippen molar-refractivity contribution in [3.63, 3.8) is 0 Å². The van der Waals surface area contributed by atoms with Gasteiger partial charge in [-0.1, -0.05) is 36.4 Å². The Morgan fingerprint density at radius 3 is 2.47 bits per heavy atom. The fourth-order valence-electron chi connectivity index (χ4n) is 5.10. The normalized spacial score (nSPS) is 14.8. The molecule has 3 heterocycles. The maximum absolute atomic E-state index is 13.4. The number of halogens is 1. The van der Waals surface area contributed by atoms with Crippen molar-refractivity contribution in [1.29, 1.82) is 0 Å². The number of piperidine rings is 1. The van der Waals surface area contributed by atoms with E-state index in [9.17, 15) is 9.18 Å². The third-order valence-electron chi connectivity index (χ3n) is 7.16. The summed E-state index contributed by atoms with van der Waals surface area (Å²) in [5, 5.41) is 7.54. The zero-order chi connectivity index (χ0) is 25.9. The van der Waals surface area contributed by atoms with Gasteiger partial charge in [0.15, 0.2) is 0 Å². The Hall–Kier alpha value is -4.24. The number of likely N-dealkylation sites (tertiary alicyclic amines) is 1. The first kappa shape index (κ1) is 24.1. The predicted octanol–water partition coefficient (Wildman–Crippen LogP) is 4.45. The number of benzene rings is 3. The average molecular weight is 512 g/mol. The monoisotopic (exact) mass is 511 g/mol. The fraction of sp³-hybridized carbons (Fsp3) is 0.276. The number of hydrogen-bond acceptors (Lipinski definition) is 6. The third kappa shape index (κ3) is 5.24. The summed E-state index contributed by atoms with van der Waals surface area (Å²) in [6.07, 6.45) is 2.01. The molecule has 194 valence electrons. The molecule has 2 aromatic heterocycles. The van der Waals surface area contributed by atoms with Crippen LogP contribution in [0.3, 0.4) is 0 Å². The van der Waals surface area contributed by atoms with Crippen LogP contribution < -0.4 is 16.2 Å². The van der Waals surface area contributed by atoms with Gasteiger partial charge in [-0.15, -0.1) is 0 Å². The van der Waals surface area contributed by atoms with Gasteiger partial charge in [-0.05, 0) is 54.8 Å². The van der Waals surface area contributed by atoms with Crippen LogP contribution in [0.1, 0.15) is 18.4 Å². The standard InChI is InChI=1S/C29H30FN7O/c30-21-11-9-20(10-12-21)19-37-26-8-4-3-7-25(26)34-29(37)32-22-13-16-36(17-14-22)18-15-31-28-33-24-6-2-1-5-23(24)27(38)35-28/h1-12,22H,13-19H2,(H,32,34)(H2,31,33,35,38). The summed E-state index contributed by atoms with van der Waals surface area (Å²) in [4.78, 5) is 26.9. The van der Waals surface area contributed by atoms with Crippen LogP contribution in [0.25, 0.3) is 21.9 Å².